The number of aromatic amines is 1. The minimum atomic E-state index is -0.324. The Morgan fingerprint density at radius 3 is 2.37 bits per heavy atom. The Morgan fingerprint density at radius 1 is 1.04 bits per heavy atom. The SMILES string of the molecule is Cc1nc(-c2ccc(NC(=O)CNC(=O)Cc3ccc(O)cc3)cc2)n[nH]1. The smallest absolute Gasteiger partial charge is 0.243 e. The highest BCUT2D eigenvalue weighted by atomic mass is 16.3. The molecular weight excluding hydrogens is 346 g/mol. The van der Waals surface area contributed by atoms with Crippen LogP contribution in [0.5, 0.6) is 5.75 Å². The van der Waals surface area contributed by atoms with Crippen LogP contribution in [0, 0.1) is 6.92 Å². The Labute approximate surface area is 155 Å². The predicted molar refractivity (Wildman–Crippen MR) is 100 cm³/mol. The van der Waals surface area contributed by atoms with Crippen molar-refractivity contribution in [3.05, 3.63) is 59.9 Å². The molecule has 0 bridgehead atoms. The van der Waals surface area contributed by atoms with Crippen LogP contribution in [0.15, 0.2) is 48.5 Å². The number of nitrogens with one attached hydrogen (secondary N) is 3. The van der Waals surface area contributed by atoms with Gasteiger partial charge in [-0.3, -0.25) is 14.7 Å². The van der Waals surface area contributed by atoms with Gasteiger partial charge in [-0.05, 0) is 48.9 Å². The quantitative estimate of drug-likeness (QED) is 0.531. The van der Waals surface area contributed by atoms with E-state index in [4.69, 9.17) is 0 Å². The summed E-state index contributed by atoms with van der Waals surface area (Å²) in [7, 11) is 0. The van der Waals surface area contributed by atoms with E-state index in [1.54, 1.807) is 24.3 Å². The van der Waals surface area contributed by atoms with E-state index in [9.17, 15) is 14.7 Å². The number of aryl methyl sites for hydroxylation is 1. The van der Waals surface area contributed by atoms with E-state index >= 15 is 0 Å². The number of hydrogen-bond donors (Lipinski definition) is 4. The molecule has 0 spiro atoms. The summed E-state index contributed by atoms with van der Waals surface area (Å²) in [5, 5.41) is 21.4. The van der Waals surface area contributed by atoms with Gasteiger partial charge in [0.15, 0.2) is 5.82 Å². The summed E-state index contributed by atoms with van der Waals surface area (Å²) in [6.45, 7) is 1.69. The molecule has 3 rings (SSSR count). The number of aromatic nitrogens is 3. The Bertz CT molecular complexity index is 933. The summed E-state index contributed by atoms with van der Waals surface area (Å²) >= 11 is 0. The first kappa shape index (κ1) is 18.1. The zero-order valence-electron chi connectivity index (χ0n) is 14.7. The van der Waals surface area contributed by atoms with E-state index in [1.165, 1.54) is 12.1 Å². The van der Waals surface area contributed by atoms with Crippen LogP contribution in [0.1, 0.15) is 11.4 Å². The van der Waals surface area contributed by atoms with Gasteiger partial charge in [0.1, 0.15) is 11.6 Å². The fourth-order valence-corrected chi connectivity index (χ4v) is 2.42. The number of carbonyl (C=O) groups excluding carboxylic acids is 2. The highest BCUT2D eigenvalue weighted by molar-refractivity contribution is 5.94. The monoisotopic (exact) mass is 365 g/mol. The van der Waals surface area contributed by atoms with Gasteiger partial charge in [0.05, 0.1) is 13.0 Å². The first-order chi connectivity index (χ1) is 13.0. The second-order valence-electron chi connectivity index (χ2n) is 5.99. The summed E-state index contributed by atoms with van der Waals surface area (Å²) in [6.07, 6.45) is 0.137. The van der Waals surface area contributed by atoms with Crippen LogP contribution in [0.2, 0.25) is 0 Å². The molecule has 0 saturated heterocycles. The molecule has 0 unspecified atom stereocenters. The maximum absolute atomic E-state index is 12.0. The van der Waals surface area contributed by atoms with Crippen molar-refractivity contribution in [1.29, 1.82) is 0 Å². The molecule has 0 aliphatic carbocycles. The maximum atomic E-state index is 12.0. The molecule has 0 saturated carbocycles. The second-order valence-corrected chi connectivity index (χ2v) is 5.99. The van der Waals surface area contributed by atoms with E-state index in [0.29, 0.717) is 11.5 Å². The average Bonchev–Trinajstić information content (AvgIpc) is 3.09. The molecule has 8 nitrogen and oxygen atoms in total. The molecule has 138 valence electrons. The van der Waals surface area contributed by atoms with Crippen molar-refractivity contribution in [2.75, 3.05) is 11.9 Å². The Morgan fingerprint density at radius 2 is 1.74 bits per heavy atom. The van der Waals surface area contributed by atoms with Gasteiger partial charge in [-0.25, -0.2) is 4.98 Å². The van der Waals surface area contributed by atoms with Crippen LogP contribution in [-0.4, -0.2) is 38.6 Å². The molecule has 1 heterocycles. The van der Waals surface area contributed by atoms with Gasteiger partial charge in [-0.2, -0.15) is 5.10 Å². The Balaban J connectivity index is 1.47. The lowest BCUT2D eigenvalue weighted by molar-refractivity contribution is -0.123. The molecule has 1 aromatic heterocycles. The number of amides is 2. The number of hydrogen-bond acceptors (Lipinski definition) is 5. The number of anilines is 1. The van der Waals surface area contributed by atoms with Crippen molar-refractivity contribution in [3.8, 4) is 17.1 Å². The van der Waals surface area contributed by atoms with Gasteiger partial charge in [0, 0.05) is 11.3 Å². The first-order valence-corrected chi connectivity index (χ1v) is 8.33. The molecule has 8 heteroatoms. The number of rotatable bonds is 6. The number of H-pyrrole nitrogens is 1. The van der Waals surface area contributed by atoms with Crippen LogP contribution < -0.4 is 10.6 Å². The molecule has 0 atom stereocenters. The van der Waals surface area contributed by atoms with Crippen molar-refractivity contribution in [3.63, 3.8) is 0 Å². The molecule has 0 aliphatic heterocycles. The van der Waals surface area contributed by atoms with Crippen molar-refractivity contribution in [2.24, 2.45) is 0 Å². The first-order valence-electron chi connectivity index (χ1n) is 8.33. The van der Waals surface area contributed by atoms with Gasteiger partial charge in [0.25, 0.3) is 0 Å². The van der Waals surface area contributed by atoms with Crippen LogP contribution in [0.4, 0.5) is 5.69 Å². The zero-order chi connectivity index (χ0) is 19.2. The van der Waals surface area contributed by atoms with Gasteiger partial charge in [0.2, 0.25) is 11.8 Å². The van der Waals surface area contributed by atoms with Crippen molar-refractivity contribution < 1.29 is 14.7 Å². The molecule has 3 aromatic rings. The van der Waals surface area contributed by atoms with Crippen LogP contribution in [-0.2, 0) is 16.0 Å². The molecular formula is C19H19N5O3. The van der Waals surface area contributed by atoms with E-state index in [-0.39, 0.29) is 30.5 Å². The predicted octanol–water partition coefficient (Wildman–Crippen LogP) is 1.78. The van der Waals surface area contributed by atoms with Crippen LogP contribution in [0.3, 0.4) is 0 Å². The number of phenols is 1. The third-order valence-corrected chi connectivity index (χ3v) is 3.77. The molecule has 27 heavy (non-hydrogen) atoms. The summed E-state index contributed by atoms with van der Waals surface area (Å²) in [4.78, 5) is 28.1. The van der Waals surface area contributed by atoms with E-state index < -0.39 is 0 Å². The fourth-order valence-electron chi connectivity index (χ4n) is 2.42. The number of nitrogens with zero attached hydrogens (tertiary/aromatic N) is 2. The molecule has 2 aromatic carbocycles. The van der Waals surface area contributed by atoms with E-state index in [2.05, 4.69) is 25.8 Å². The molecule has 0 aliphatic rings. The molecule has 0 fully saturated rings. The molecule has 0 radical (unpaired) electrons. The topological polar surface area (TPSA) is 120 Å². The third-order valence-electron chi connectivity index (χ3n) is 3.77. The minimum absolute atomic E-state index is 0.126. The van der Waals surface area contributed by atoms with Gasteiger partial charge in [-0.1, -0.05) is 12.1 Å². The molecule has 4 N–H and O–H groups in total. The maximum Gasteiger partial charge on any atom is 0.243 e. The lowest BCUT2D eigenvalue weighted by Crippen LogP contribution is -2.33. The minimum Gasteiger partial charge on any atom is -0.508 e. The Hall–Kier alpha value is -3.68. The summed E-state index contributed by atoms with van der Waals surface area (Å²) < 4.78 is 0. The van der Waals surface area contributed by atoms with E-state index in [1.807, 2.05) is 19.1 Å². The van der Waals surface area contributed by atoms with Crippen molar-refractivity contribution in [1.82, 2.24) is 20.5 Å². The molecule has 2 amide bonds. The Kier molecular flexibility index (Phi) is 5.46. The third kappa shape index (κ3) is 5.15. The van der Waals surface area contributed by atoms with Crippen molar-refractivity contribution >= 4 is 17.5 Å². The largest absolute Gasteiger partial charge is 0.508 e. The summed E-state index contributed by atoms with van der Waals surface area (Å²) in [5.74, 6) is 0.863. The van der Waals surface area contributed by atoms with Crippen molar-refractivity contribution in [2.45, 2.75) is 13.3 Å². The van der Waals surface area contributed by atoms with Crippen LogP contribution in [0.25, 0.3) is 11.4 Å². The second kappa shape index (κ2) is 8.13. The van der Waals surface area contributed by atoms with Crippen LogP contribution >= 0.6 is 0 Å². The number of benzene rings is 2. The van der Waals surface area contributed by atoms with Gasteiger partial charge >= 0.3 is 0 Å². The number of carbonyl (C=O) groups is 2. The fraction of sp³-hybridized carbons (Fsp3) is 0.158. The van der Waals surface area contributed by atoms with Gasteiger partial charge in [-0.15, -0.1) is 0 Å². The lowest BCUT2D eigenvalue weighted by atomic mass is 10.1. The van der Waals surface area contributed by atoms with E-state index in [0.717, 1.165) is 17.0 Å². The highest BCUT2D eigenvalue weighted by Gasteiger charge is 2.08. The zero-order valence-corrected chi connectivity index (χ0v) is 14.7. The number of phenolic OH excluding ortho intramolecular Hbond substituents is 1. The standard InChI is InChI=1S/C19H19N5O3/c1-12-21-19(24-23-12)14-4-6-15(7-5-14)22-18(27)11-20-17(26)10-13-2-8-16(25)9-3-13/h2-9,25H,10-11H2,1H3,(H,20,26)(H,22,27)(H,21,23,24). The average molecular weight is 365 g/mol. The highest BCUT2D eigenvalue weighted by Crippen LogP contribution is 2.17. The summed E-state index contributed by atoms with van der Waals surface area (Å²) in [6, 6.07) is 13.5. The summed E-state index contributed by atoms with van der Waals surface area (Å²) in [5.41, 5.74) is 2.20. The lowest BCUT2D eigenvalue weighted by Gasteiger charge is -2.07. The normalized spacial score (nSPS) is 10.4. The van der Waals surface area contributed by atoms with Gasteiger partial charge < -0.3 is 15.7 Å². The number of aromatic hydroxyl groups is 1.